The van der Waals surface area contributed by atoms with Gasteiger partial charge in [-0.05, 0) is 19.1 Å². The number of aliphatic hydroxyl groups excluding tert-OH is 1. The second-order valence-corrected chi connectivity index (χ2v) is 3.53. The molecule has 0 fully saturated rings. The van der Waals surface area contributed by atoms with E-state index in [9.17, 15) is 5.11 Å². The van der Waals surface area contributed by atoms with Gasteiger partial charge in [0, 0.05) is 10.6 Å². The van der Waals surface area contributed by atoms with E-state index in [-0.39, 0.29) is 0 Å². The van der Waals surface area contributed by atoms with Gasteiger partial charge in [0.25, 0.3) is 0 Å². The highest BCUT2D eigenvalue weighted by Gasteiger charge is 2.19. The third-order valence-corrected chi connectivity index (χ3v) is 2.42. The third-order valence-electron chi connectivity index (χ3n) is 2.09. The first-order valence-corrected chi connectivity index (χ1v) is 4.71. The van der Waals surface area contributed by atoms with Gasteiger partial charge in [0.2, 0.25) is 0 Å². The zero-order chi connectivity index (χ0) is 10.7. The standard InChI is InChI=1S/C10H14ClNO2/c1-6(13)10(12)9-7(11)4-3-5-8(9)14-2/h3-6,10,13H,12H2,1-2H3/t6-,10+/m0/s1. The molecular weight excluding hydrogens is 202 g/mol. The molecule has 4 heteroatoms. The van der Waals surface area contributed by atoms with Crippen molar-refractivity contribution in [3.63, 3.8) is 0 Å². The Morgan fingerprint density at radius 2 is 2.14 bits per heavy atom. The van der Waals surface area contributed by atoms with Crippen molar-refractivity contribution in [2.24, 2.45) is 5.73 Å². The van der Waals surface area contributed by atoms with Crippen LogP contribution in [0.1, 0.15) is 18.5 Å². The van der Waals surface area contributed by atoms with Gasteiger partial charge < -0.3 is 15.6 Å². The number of methoxy groups -OCH3 is 1. The number of benzene rings is 1. The van der Waals surface area contributed by atoms with Crippen LogP contribution >= 0.6 is 11.6 Å². The maximum Gasteiger partial charge on any atom is 0.125 e. The van der Waals surface area contributed by atoms with Gasteiger partial charge in [0.15, 0.2) is 0 Å². The quantitative estimate of drug-likeness (QED) is 0.808. The van der Waals surface area contributed by atoms with Crippen LogP contribution in [0.15, 0.2) is 18.2 Å². The van der Waals surface area contributed by atoms with Gasteiger partial charge in [-0.25, -0.2) is 0 Å². The van der Waals surface area contributed by atoms with Crippen LogP contribution in [0.25, 0.3) is 0 Å². The molecule has 14 heavy (non-hydrogen) atoms. The van der Waals surface area contributed by atoms with Gasteiger partial charge in [-0.15, -0.1) is 0 Å². The van der Waals surface area contributed by atoms with E-state index in [1.54, 1.807) is 32.2 Å². The molecule has 0 spiro atoms. The van der Waals surface area contributed by atoms with E-state index < -0.39 is 12.1 Å². The molecule has 0 aliphatic carbocycles. The summed E-state index contributed by atoms with van der Waals surface area (Å²) < 4.78 is 5.12. The average molecular weight is 216 g/mol. The number of aliphatic hydroxyl groups is 1. The summed E-state index contributed by atoms with van der Waals surface area (Å²) in [5, 5.41) is 9.89. The monoisotopic (exact) mass is 215 g/mol. The Labute approximate surface area is 88.4 Å². The summed E-state index contributed by atoms with van der Waals surface area (Å²) in [7, 11) is 1.55. The summed E-state index contributed by atoms with van der Waals surface area (Å²) in [4.78, 5) is 0. The second-order valence-electron chi connectivity index (χ2n) is 3.12. The van der Waals surface area contributed by atoms with E-state index in [0.717, 1.165) is 0 Å². The van der Waals surface area contributed by atoms with E-state index in [4.69, 9.17) is 22.1 Å². The summed E-state index contributed by atoms with van der Waals surface area (Å²) in [6, 6.07) is 4.74. The van der Waals surface area contributed by atoms with Crippen LogP contribution in [0, 0.1) is 0 Å². The van der Waals surface area contributed by atoms with Gasteiger partial charge >= 0.3 is 0 Å². The maximum atomic E-state index is 9.38. The van der Waals surface area contributed by atoms with Crippen molar-refractivity contribution in [1.29, 1.82) is 0 Å². The Morgan fingerprint density at radius 3 is 2.64 bits per heavy atom. The Kier molecular flexibility index (Phi) is 3.75. The van der Waals surface area contributed by atoms with Crippen LogP contribution in [-0.2, 0) is 0 Å². The highest BCUT2D eigenvalue weighted by Crippen LogP contribution is 2.32. The molecular formula is C10H14ClNO2. The summed E-state index contributed by atoms with van der Waals surface area (Å²) in [5.74, 6) is 0.603. The fraction of sp³-hybridized carbons (Fsp3) is 0.400. The van der Waals surface area contributed by atoms with E-state index in [1.807, 2.05) is 0 Å². The SMILES string of the molecule is COc1cccc(Cl)c1[C@H](N)[C@H](C)O. The Hall–Kier alpha value is -0.770. The van der Waals surface area contributed by atoms with Crippen molar-refractivity contribution in [3.05, 3.63) is 28.8 Å². The highest BCUT2D eigenvalue weighted by atomic mass is 35.5. The van der Waals surface area contributed by atoms with Gasteiger partial charge in [-0.1, -0.05) is 17.7 Å². The Bertz CT molecular complexity index is 315. The molecule has 3 nitrogen and oxygen atoms in total. The molecule has 0 saturated heterocycles. The zero-order valence-electron chi connectivity index (χ0n) is 8.20. The van der Waals surface area contributed by atoms with Crippen molar-refractivity contribution in [2.75, 3.05) is 7.11 Å². The first kappa shape index (κ1) is 11.3. The second kappa shape index (κ2) is 4.64. The summed E-state index contributed by atoms with van der Waals surface area (Å²) in [6.07, 6.45) is -0.663. The van der Waals surface area contributed by atoms with Crippen molar-refractivity contribution in [2.45, 2.75) is 19.1 Å². The Balaban J connectivity index is 3.16. The van der Waals surface area contributed by atoms with Gasteiger partial charge in [-0.3, -0.25) is 0 Å². The summed E-state index contributed by atoms with van der Waals surface area (Å²) in [6.45, 7) is 1.62. The first-order chi connectivity index (χ1) is 6.57. The van der Waals surface area contributed by atoms with Crippen molar-refractivity contribution in [3.8, 4) is 5.75 Å². The van der Waals surface area contributed by atoms with Crippen LogP contribution in [0.4, 0.5) is 0 Å². The fourth-order valence-corrected chi connectivity index (χ4v) is 1.55. The molecule has 0 unspecified atom stereocenters. The minimum atomic E-state index is -0.663. The minimum Gasteiger partial charge on any atom is -0.496 e. The molecule has 2 atom stereocenters. The molecule has 3 N–H and O–H groups in total. The first-order valence-electron chi connectivity index (χ1n) is 4.34. The van der Waals surface area contributed by atoms with Gasteiger partial charge in [0.1, 0.15) is 5.75 Å². The molecule has 1 aromatic carbocycles. The molecule has 0 radical (unpaired) electrons. The minimum absolute atomic E-state index is 0.512. The molecule has 1 rings (SSSR count). The highest BCUT2D eigenvalue weighted by molar-refractivity contribution is 6.31. The fourth-order valence-electron chi connectivity index (χ4n) is 1.26. The van der Waals surface area contributed by atoms with Crippen LogP contribution in [0.3, 0.4) is 0 Å². The lowest BCUT2D eigenvalue weighted by Gasteiger charge is -2.19. The van der Waals surface area contributed by atoms with Crippen LogP contribution in [0.5, 0.6) is 5.75 Å². The number of nitrogens with two attached hydrogens (primary N) is 1. The van der Waals surface area contributed by atoms with Crippen LogP contribution in [0.2, 0.25) is 5.02 Å². The van der Waals surface area contributed by atoms with Crippen molar-refractivity contribution in [1.82, 2.24) is 0 Å². The summed E-state index contributed by atoms with van der Waals surface area (Å²) >= 11 is 5.98. The predicted octanol–water partition coefficient (Wildman–Crippen LogP) is 1.73. The molecule has 0 saturated carbocycles. The molecule has 0 aromatic heterocycles. The molecule has 0 heterocycles. The summed E-state index contributed by atoms with van der Waals surface area (Å²) in [5.41, 5.74) is 6.45. The van der Waals surface area contributed by atoms with Gasteiger partial charge in [0.05, 0.1) is 19.3 Å². The lowest BCUT2D eigenvalue weighted by molar-refractivity contribution is 0.162. The molecule has 0 bridgehead atoms. The third kappa shape index (κ3) is 2.18. The van der Waals surface area contributed by atoms with Crippen LogP contribution < -0.4 is 10.5 Å². The number of hydrogen-bond donors (Lipinski definition) is 2. The van der Waals surface area contributed by atoms with Crippen molar-refractivity contribution < 1.29 is 9.84 Å². The largest absolute Gasteiger partial charge is 0.496 e. The zero-order valence-corrected chi connectivity index (χ0v) is 8.95. The lowest BCUT2D eigenvalue weighted by atomic mass is 10.0. The number of hydrogen-bond acceptors (Lipinski definition) is 3. The van der Waals surface area contributed by atoms with E-state index in [2.05, 4.69) is 0 Å². The average Bonchev–Trinajstić information content (AvgIpc) is 2.16. The molecule has 0 aliphatic rings. The number of rotatable bonds is 3. The topological polar surface area (TPSA) is 55.5 Å². The van der Waals surface area contributed by atoms with E-state index >= 15 is 0 Å². The van der Waals surface area contributed by atoms with Gasteiger partial charge in [-0.2, -0.15) is 0 Å². The number of ether oxygens (including phenoxy) is 1. The number of halogens is 1. The lowest BCUT2D eigenvalue weighted by Crippen LogP contribution is -2.24. The molecule has 1 aromatic rings. The molecule has 0 aliphatic heterocycles. The smallest absolute Gasteiger partial charge is 0.125 e. The molecule has 78 valence electrons. The Morgan fingerprint density at radius 1 is 1.50 bits per heavy atom. The van der Waals surface area contributed by atoms with E-state index in [1.165, 1.54) is 0 Å². The van der Waals surface area contributed by atoms with Crippen molar-refractivity contribution >= 4 is 11.6 Å². The predicted molar refractivity (Wildman–Crippen MR) is 56.6 cm³/mol. The van der Waals surface area contributed by atoms with E-state index in [0.29, 0.717) is 16.3 Å². The molecule has 0 amide bonds. The maximum absolute atomic E-state index is 9.38. The normalized spacial score (nSPS) is 14.9. The van der Waals surface area contributed by atoms with Crippen LogP contribution in [-0.4, -0.2) is 18.3 Å².